The normalized spacial score (nSPS) is 19.2. The van der Waals surface area contributed by atoms with Crippen molar-refractivity contribution in [3.8, 4) is 0 Å². The van der Waals surface area contributed by atoms with Gasteiger partial charge in [-0.1, -0.05) is 131 Å². The first-order valence-corrected chi connectivity index (χ1v) is 23.8. The van der Waals surface area contributed by atoms with Crippen LogP contribution in [-0.4, -0.2) is 56.2 Å². The van der Waals surface area contributed by atoms with E-state index in [-0.39, 0.29) is 24.0 Å². The second-order valence-corrected chi connectivity index (χ2v) is 18.1. The van der Waals surface area contributed by atoms with Crippen LogP contribution in [0.1, 0.15) is 221 Å². The van der Waals surface area contributed by atoms with E-state index in [1.165, 1.54) is 57.8 Å². The van der Waals surface area contributed by atoms with Crippen molar-refractivity contribution >= 4 is 17.9 Å². The molecule has 0 aromatic rings. The van der Waals surface area contributed by atoms with Gasteiger partial charge in [0.15, 0.2) is 0 Å². The van der Waals surface area contributed by atoms with Crippen LogP contribution in [0.4, 0.5) is 0 Å². The average Bonchev–Trinajstić information content (AvgIpc) is 3.73. The smallest absolute Gasteiger partial charge is 0.310 e. The highest BCUT2D eigenvalue weighted by atomic mass is 16.5. The van der Waals surface area contributed by atoms with Crippen LogP contribution >= 0.6 is 0 Å². The van der Waals surface area contributed by atoms with Crippen LogP contribution < -0.4 is 0 Å². The summed E-state index contributed by atoms with van der Waals surface area (Å²) >= 11 is 0. The zero-order valence-electron chi connectivity index (χ0n) is 38.0. The van der Waals surface area contributed by atoms with Crippen molar-refractivity contribution < 1.29 is 28.6 Å². The minimum absolute atomic E-state index is 0.0276. The van der Waals surface area contributed by atoms with Gasteiger partial charge in [-0.05, 0) is 128 Å². The lowest BCUT2D eigenvalue weighted by Crippen LogP contribution is -2.20. The molecule has 0 N–H and O–H groups in total. The van der Waals surface area contributed by atoms with Crippen LogP contribution in [0, 0.1) is 29.6 Å². The topological polar surface area (TPSA) is 82.1 Å². The maximum atomic E-state index is 12.5. The number of hydrogen-bond acceptors (Lipinski definition) is 7. The van der Waals surface area contributed by atoms with Crippen molar-refractivity contribution in [3.63, 3.8) is 0 Å². The molecule has 0 amide bonds. The van der Waals surface area contributed by atoms with Crippen LogP contribution in [0.15, 0.2) is 12.3 Å². The molecule has 2 saturated carbocycles. The zero-order chi connectivity index (χ0) is 41.4. The van der Waals surface area contributed by atoms with Crippen LogP contribution in [0.5, 0.6) is 0 Å². The predicted octanol–water partition coefficient (Wildman–Crippen LogP) is 13.6. The van der Waals surface area contributed by atoms with Crippen LogP contribution in [0.3, 0.4) is 0 Å². The van der Waals surface area contributed by atoms with Gasteiger partial charge in [0.2, 0.25) is 0 Å². The summed E-state index contributed by atoms with van der Waals surface area (Å²) in [5, 5.41) is 0. The van der Waals surface area contributed by atoms with Crippen molar-refractivity contribution in [1.29, 1.82) is 0 Å². The van der Waals surface area contributed by atoms with Gasteiger partial charge >= 0.3 is 17.9 Å². The van der Waals surface area contributed by atoms with Gasteiger partial charge in [0.1, 0.15) is 6.10 Å². The Bertz CT molecular complexity index is 1000. The molecule has 2 bridgehead atoms. The fourth-order valence-corrected chi connectivity index (χ4v) is 9.18. The van der Waals surface area contributed by atoms with E-state index in [1.54, 1.807) is 26.2 Å². The Labute approximate surface area is 346 Å². The Balaban J connectivity index is 0.00000133. The summed E-state index contributed by atoms with van der Waals surface area (Å²) in [7, 11) is 4.03. The first-order valence-electron chi connectivity index (χ1n) is 23.8. The summed E-state index contributed by atoms with van der Waals surface area (Å²) in [6.07, 6.45) is 31.4. The number of allylic oxidation sites excluding steroid dienone is 1. The van der Waals surface area contributed by atoms with Crippen molar-refractivity contribution in [2.45, 2.75) is 227 Å². The lowest BCUT2D eigenvalue weighted by atomic mass is 9.80. The largest absolute Gasteiger partial charge is 0.466 e. The number of nitrogens with zero attached hydrogens (tertiary/aromatic N) is 1. The van der Waals surface area contributed by atoms with Crippen LogP contribution in [-0.2, 0) is 28.6 Å². The molecular weight excluding hydrogens is 699 g/mol. The van der Waals surface area contributed by atoms with E-state index in [2.05, 4.69) is 39.2 Å². The second-order valence-electron chi connectivity index (χ2n) is 18.1. The average molecular weight is 790 g/mol. The number of rotatable bonds is 34. The first kappa shape index (κ1) is 52.1. The molecule has 56 heavy (non-hydrogen) atoms. The minimum atomic E-state index is -0.205. The van der Waals surface area contributed by atoms with Gasteiger partial charge in [-0.15, -0.1) is 0 Å². The summed E-state index contributed by atoms with van der Waals surface area (Å²) in [6.45, 7) is 16.0. The van der Waals surface area contributed by atoms with Crippen molar-refractivity contribution in [2.24, 2.45) is 29.6 Å². The fourth-order valence-electron chi connectivity index (χ4n) is 9.18. The minimum Gasteiger partial charge on any atom is -0.466 e. The third-order valence-electron chi connectivity index (χ3n) is 12.4. The zero-order valence-corrected chi connectivity index (χ0v) is 38.0. The number of carbonyl (C=O) groups excluding carboxylic acids is 3. The van der Waals surface area contributed by atoms with Crippen molar-refractivity contribution in [1.82, 2.24) is 4.90 Å². The highest BCUT2D eigenvalue weighted by molar-refractivity contribution is 5.70. The molecule has 0 radical (unpaired) electrons. The highest BCUT2D eigenvalue weighted by Gasteiger charge is 2.42. The maximum absolute atomic E-state index is 12.5. The molecule has 0 aromatic carbocycles. The lowest BCUT2D eigenvalue weighted by Gasteiger charge is -2.25. The van der Waals surface area contributed by atoms with E-state index in [9.17, 15) is 14.4 Å². The standard InChI is InChI=1S/C39H73NO6.C10H18/c1-7-9-17-24-35(25-18-10-8-2)31-33-44-37(41)28-21-15-11-13-19-26-36(46-39(43)30-23-32-40(5)6)27-20-14-12-16-22-29-38(42)45-34(3)4;1-3-9-5-8-4-7(2)10(9)6-8/h35-36H,3,7-33H2,1-2,4-6H3;7-10H,3-6H2,1-2H3. The van der Waals surface area contributed by atoms with Gasteiger partial charge < -0.3 is 19.1 Å². The van der Waals surface area contributed by atoms with Crippen molar-refractivity contribution in [2.75, 3.05) is 27.2 Å². The fraction of sp³-hybridized carbons (Fsp3) is 0.898. The molecule has 7 heteroatoms. The summed E-state index contributed by atoms with van der Waals surface area (Å²) < 4.78 is 16.5. The molecule has 0 spiro atoms. The molecule has 2 aliphatic carbocycles. The van der Waals surface area contributed by atoms with E-state index in [1.807, 2.05) is 14.1 Å². The molecule has 328 valence electrons. The van der Waals surface area contributed by atoms with Gasteiger partial charge in [-0.25, -0.2) is 0 Å². The number of carbonyl (C=O) groups is 3. The molecule has 7 nitrogen and oxygen atoms in total. The van der Waals surface area contributed by atoms with Crippen LogP contribution in [0.25, 0.3) is 0 Å². The molecule has 0 aliphatic heterocycles. The number of ether oxygens (including phenoxy) is 3. The first-order chi connectivity index (χ1) is 27.0. The molecule has 0 saturated heterocycles. The summed E-state index contributed by atoms with van der Waals surface area (Å²) in [4.78, 5) is 38.5. The highest BCUT2D eigenvalue weighted by Crippen LogP contribution is 2.52. The van der Waals surface area contributed by atoms with Gasteiger partial charge in [0.05, 0.1) is 12.4 Å². The molecule has 2 aliphatic rings. The molecule has 0 aromatic heterocycles. The molecular formula is C49H91NO6. The van der Waals surface area contributed by atoms with E-state index < -0.39 is 0 Å². The number of fused-ring (bicyclic) bond motifs is 2. The number of unbranched alkanes of at least 4 members (excludes halogenated alkanes) is 12. The van der Waals surface area contributed by atoms with Crippen molar-refractivity contribution in [3.05, 3.63) is 12.3 Å². The summed E-state index contributed by atoms with van der Waals surface area (Å²) in [5.41, 5.74) is 0. The van der Waals surface area contributed by atoms with E-state index in [0.717, 1.165) is 120 Å². The Morgan fingerprint density at radius 3 is 1.68 bits per heavy atom. The number of hydrogen-bond donors (Lipinski definition) is 0. The number of esters is 3. The molecule has 0 heterocycles. The SMILES string of the molecule is C=C(C)OC(=O)CCCCCCCC(CCCCCCCC(=O)OCCC(CCCCC)CCCCC)OC(=O)CCCN(C)C.CCC1CC2CC(C)C1C2. The summed E-state index contributed by atoms with van der Waals surface area (Å²) in [5.74, 6) is 5.21. The van der Waals surface area contributed by atoms with Gasteiger partial charge in [0, 0.05) is 19.3 Å². The Kier molecular flexibility index (Phi) is 31.7. The Morgan fingerprint density at radius 2 is 1.18 bits per heavy atom. The monoisotopic (exact) mass is 790 g/mol. The molecule has 5 unspecified atom stereocenters. The Morgan fingerprint density at radius 1 is 0.643 bits per heavy atom. The molecule has 2 rings (SSSR count). The maximum Gasteiger partial charge on any atom is 0.310 e. The predicted molar refractivity (Wildman–Crippen MR) is 234 cm³/mol. The van der Waals surface area contributed by atoms with Crippen LogP contribution in [0.2, 0.25) is 0 Å². The van der Waals surface area contributed by atoms with E-state index >= 15 is 0 Å². The van der Waals surface area contributed by atoms with Gasteiger partial charge in [-0.2, -0.15) is 0 Å². The third-order valence-corrected chi connectivity index (χ3v) is 12.4. The third kappa shape index (κ3) is 27.7. The van der Waals surface area contributed by atoms with E-state index in [4.69, 9.17) is 14.2 Å². The Hall–Kier alpha value is -1.89. The lowest BCUT2D eigenvalue weighted by molar-refractivity contribution is -0.150. The summed E-state index contributed by atoms with van der Waals surface area (Å²) in [6, 6.07) is 0. The van der Waals surface area contributed by atoms with Gasteiger partial charge in [-0.3, -0.25) is 14.4 Å². The van der Waals surface area contributed by atoms with Gasteiger partial charge in [0.25, 0.3) is 0 Å². The van der Waals surface area contributed by atoms with E-state index in [0.29, 0.717) is 37.5 Å². The quantitative estimate of drug-likeness (QED) is 0.0278. The molecule has 5 atom stereocenters. The molecule has 2 fully saturated rings. The second kappa shape index (κ2) is 34.0.